The molecular formula is C76H107BBrN3O11S6. The number of aryl methyl sites for hydroxylation is 3. The molecule has 3 unspecified atom stereocenters. The van der Waals surface area contributed by atoms with E-state index in [2.05, 4.69) is 136 Å². The molecule has 0 radical (unpaired) electrons. The number of hydrogen-bond acceptors (Lipinski definition) is 19. The van der Waals surface area contributed by atoms with Gasteiger partial charge in [0.15, 0.2) is 18.3 Å². The van der Waals surface area contributed by atoms with Crippen molar-refractivity contribution in [2.75, 3.05) is 13.2 Å². The fourth-order valence-corrected chi connectivity index (χ4v) is 17.7. The third-order valence-electron chi connectivity index (χ3n) is 17.9. The Hall–Kier alpha value is -4.04. The van der Waals surface area contributed by atoms with Crippen LogP contribution in [0.25, 0.3) is 37.9 Å². The SMILES string of the molecule is Brc1ccsn1.CCOC(=O)C(OC(C)(C)C)c1c(C)sc(-c2ccsn2)c1C1=CCC(C)(C)CC1.CCOC(=O)C(OC(C)(C)C)c1c(C)sc(B2OC(C)(C)C(C)(C)O2)c1C1=CCC(C)(C)CC1.Cc1sc(-c2ccsn2)c(C2=CCC(C)(C)CC2)c1C(OC(C)(C)C)C(=O)O. The number of carbonyl (C=O) groups excluding carboxylic acids is 2. The maximum Gasteiger partial charge on any atom is 0.506 e. The summed E-state index contributed by atoms with van der Waals surface area (Å²) in [5.74, 6) is -1.62. The molecule has 6 aromatic heterocycles. The summed E-state index contributed by atoms with van der Waals surface area (Å²) in [6.07, 6.45) is 13.6. The molecule has 0 saturated carbocycles. The molecule has 4 aliphatic rings. The molecule has 3 aliphatic carbocycles. The molecule has 0 bridgehead atoms. The van der Waals surface area contributed by atoms with E-state index in [4.69, 9.17) is 33.0 Å². The highest BCUT2D eigenvalue weighted by molar-refractivity contribution is 9.10. The summed E-state index contributed by atoms with van der Waals surface area (Å²) in [4.78, 5) is 43.8. The molecule has 1 fully saturated rings. The summed E-state index contributed by atoms with van der Waals surface area (Å²) < 4.78 is 57.6. The molecule has 98 heavy (non-hydrogen) atoms. The number of carboxylic acids is 1. The average molecular weight is 1520 g/mol. The van der Waals surface area contributed by atoms with Gasteiger partial charge >= 0.3 is 25.0 Å². The van der Waals surface area contributed by atoms with Gasteiger partial charge in [0.25, 0.3) is 0 Å². The molecule has 22 heteroatoms. The molecule has 3 atom stereocenters. The van der Waals surface area contributed by atoms with Crippen molar-refractivity contribution in [1.29, 1.82) is 0 Å². The van der Waals surface area contributed by atoms with Gasteiger partial charge in [-0.05, 0) is 290 Å². The Balaban J connectivity index is 0.000000198. The van der Waals surface area contributed by atoms with Crippen molar-refractivity contribution in [3.63, 3.8) is 0 Å². The summed E-state index contributed by atoms with van der Waals surface area (Å²) >= 11 is 12.5. The number of carboxylic acid groups (broad SMARTS) is 1. The van der Waals surface area contributed by atoms with Gasteiger partial charge in [0.1, 0.15) is 4.60 Å². The van der Waals surface area contributed by atoms with E-state index in [1.54, 1.807) is 34.0 Å². The zero-order valence-electron chi connectivity index (χ0n) is 62.5. The summed E-state index contributed by atoms with van der Waals surface area (Å²) in [6.45, 7) is 50.0. The zero-order valence-corrected chi connectivity index (χ0v) is 69.0. The molecule has 10 rings (SSSR count). The van der Waals surface area contributed by atoms with Gasteiger partial charge in [-0.1, -0.05) is 59.8 Å². The quantitative estimate of drug-likeness (QED) is 0.0674. The van der Waals surface area contributed by atoms with Crippen molar-refractivity contribution in [3.8, 4) is 21.1 Å². The fourth-order valence-electron chi connectivity index (χ4n) is 12.0. The molecule has 538 valence electrons. The third kappa shape index (κ3) is 21.3. The Morgan fingerprint density at radius 1 is 0.531 bits per heavy atom. The number of rotatable bonds is 17. The van der Waals surface area contributed by atoms with Crippen LogP contribution in [-0.4, -0.2) is 84.5 Å². The molecule has 0 amide bonds. The smallest absolute Gasteiger partial charge is 0.479 e. The number of aliphatic carboxylic acids is 1. The van der Waals surface area contributed by atoms with E-state index < -0.39 is 59.4 Å². The van der Waals surface area contributed by atoms with Crippen molar-refractivity contribution in [3.05, 3.63) is 105 Å². The second-order valence-corrected chi connectivity index (χ2v) is 38.5. The van der Waals surface area contributed by atoms with Gasteiger partial charge in [-0.3, -0.25) is 0 Å². The van der Waals surface area contributed by atoms with E-state index in [0.717, 1.165) is 136 Å². The minimum atomic E-state index is -0.991. The Kier molecular flexibility index (Phi) is 27.2. The molecule has 1 N–H and O–H groups in total. The highest BCUT2D eigenvalue weighted by Gasteiger charge is 2.54. The number of halogens is 1. The number of nitrogens with zero attached hydrogens (tertiary/aromatic N) is 3. The largest absolute Gasteiger partial charge is 0.506 e. The van der Waals surface area contributed by atoms with Crippen molar-refractivity contribution in [2.24, 2.45) is 16.2 Å². The normalized spacial score (nSPS) is 18.8. The predicted octanol–water partition coefficient (Wildman–Crippen LogP) is 22.2. The van der Waals surface area contributed by atoms with Crippen molar-refractivity contribution < 1.29 is 52.5 Å². The number of allylic oxidation sites excluding steroid dienone is 6. The van der Waals surface area contributed by atoms with Crippen LogP contribution in [0.2, 0.25) is 0 Å². The topological polar surface area (TPSA) is 175 Å². The lowest BCUT2D eigenvalue weighted by atomic mass is 9.73. The van der Waals surface area contributed by atoms with Gasteiger partial charge in [0, 0.05) is 63.4 Å². The molecule has 1 aliphatic heterocycles. The maximum atomic E-state index is 13.2. The van der Waals surface area contributed by atoms with E-state index in [9.17, 15) is 19.5 Å². The average Bonchev–Trinajstić information content (AvgIpc) is 1.60. The molecule has 14 nitrogen and oxygen atoms in total. The first kappa shape index (κ1) is 81.3. The van der Waals surface area contributed by atoms with Crippen LogP contribution in [0.5, 0.6) is 0 Å². The number of aromatic nitrogens is 3. The van der Waals surface area contributed by atoms with Crippen LogP contribution >= 0.6 is 84.5 Å². The minimum Gasteiger partial charge on any atom is -0.479 e. The van der Waals surface area contributed by atoms with Crippen LogP contribution in [0.4, 0.5) is 0 Å². The highest BCUT2D eigenvalue weighted by Crippen LogP contribution is 2.52. The summed E-state index contributed by atoms with van der Waals surface area (Å²) in [7, 11) is -0.495. The third-order valence-corrected chi connectivity index (χ3v) is 23.7. The van der Waals surface area contributed by atoms with Crippen LogP contribution in [0, 0.1) is 37.0 Å². The second-order valence-electron chi connectivity index (χ2n) is 32.0. The number of esters is 2. The van der Waals surface area contributed by atoms with Crippen LogP contribution in [0.15, 0.2) is 57.2 Å². The van der Waals surface area contributed by atoms with Gasteiger partial charge in [0.2, 0.25) is 0 Å². The first-order valence-corrected chi connectivity index (χ1v) is 39.9. The van der Waals surface area contributed by atoms with Gasteiger partial charge < -0.3 is 38.1 Å². The van der Waals surface area contributed by atoms with E-state index >= 15 is 0 Å². The van der Waals surface area contributed by atoms with E-state index in [-0.39, 0.29) is 22.8 Å². The summed E-state index contributed by atoms with van der Waals surface area (Å²) in [5.41, 5.74) is 9.91. The number of ether oxygens (including phenoxy) is 5. The van der Waals surface area contributed by atoms with E-state index in [0.29, 0.717) is 18.6 Å². The van der Waals surface area contributed by atoms with Crippen LogP contribution in [-0.2, 0) is 47.4 Å². The predicted molar refractivity (Wildman–Crippen MR) is 413 cm³/mol. The van der Waals surface area contributed by atoms with Crippen LogP contribution < -0.4 is 4.78 Å². The first-order valence-electron chi connectivity index (χ1n) is 34.2. The number of carbonyl (C=O) groups is 3. The molecular weight excluding hydrogens is 1410 g/mol. The van der Waals surface area contributed by atoms with Crippen LogP contribution in [0.3, 0.4) is 0 Å². The lowest BCUT2D eigenvalue weighted by molar-refractivity contribution is -0.167. The van der Waals surface area contributed by atoms with Gasteiger partial charge in [-0.2, -0.15) is 13.1 Å². The van der Waals surface area contributed by atoms with Crippen molar-refractivity contribution in [1.82, 2.24) is 13.1 Å². The Morgan fingerprint density at radius 3 is 1.16 bits per heavy atom. The Labute approximate surface area is 617 Å². The van der Waals surface area contributed by atoms with E-state index in [1.165, 1.54) is 51.3 Å². The van der Waals surface area contributed by atoms with Gasteiger partial charge in [0.05, 0.1) is 62.4 Å². The molecule has 1 saturated heterocycles. The lowest BCUT2D eigenvalue weighted by Crippen LogP contribution is -2.41. The first-order chi connectivity index (χ1) is 45.4. The molecule has 0 spiro atoms. The van der Waals surface area contributed by atoms with Crippen molar-refractivity contribution >= 4 is 131 Å². The van der Waals surface area contributed by atoms with E-state index in [1.807, 2.05) is 111 Å². The monoisotopic (exact) mass is 1520 g/mol. The Morgan fingerprint density at radius 2 is 0.867 bits per heavy atom. The minimum absolute atomic E-state index is 0.266. The fraction of sp³-hybridized carbons (Fsp3) is 0.605. The molecule has 0 aromatic carbocycles. The number of hydrogen-bond donors (Lipinski definition) is 1. The summed E-state index contributed by atoms with van der Waals surface area (Å²) in [6, 6.07) is 5.97. The van der Waals surface area contributed by atoms with Crippen molar-refractivity contribution in [2.45, 2.75) is 270 Å². The molecule has 6 aromatic rings. The lowest BCUT2D eigenvalue weighted by Gasteiger charge is -2.32. The molecule has 7 heterocycles. The van der Waals surface area contributed by atoms with Gasteiger partial charge in [-0.15, -0.1) is 34.0 Å². The Bertz CT molecular complexity index is 3760. The van der Waals surface area contributed by atoms with Gasteiger partial charge in [-0.25, -0.2) is 14.4 Å². The summed E-state index contributed by atoms with van der Waals surface area (Å²) in [5, 5.41) is 15.9. The number of thiophene rings is 3. The zero-order chi connectivity index (χ0) is 72.9. The standard InChI is InChI=1S/C27H43BO5S.C24H33NO3S2.C22H29NO3S2.C3H2BrNS/c1-12-30-23(29)21(31-24(3,4)5)19-17(2)34-22(28-32-26(8,9)27(10,11)33-28)20(19)18-13-15-25(6,7)16-14-18;1-8-27-22(26)20(28-23(3,4)5)18-15(2)30-21(17-11-14-29-25-17)19(18)16-9-12-24(6,7)13-10-16;1-13-16(18(20(24)25)26-21(2,3)4)17(14-7-10-22(5,6)11-8-14)19(28-13)15-9-12-27-23-15;4-3-1-2-6-5-3/h13,21H,12,14-16H2,1-11H3;9,11,14,20H,8,10,12-13H2,1-7H3;7,9,12,18H,8,10-11H2,1-6H3,(H,24,25);1-2H. The second kappa shape index (κ2) is 32.7. The maximum absolute atomic E-state index is 13.2. The van der Waals surface area contributed by atoms with Crippen LogP contribution in [0.1, 0.15) is 270 Å². The highest BCUT2D eigenvalue weighted by atomic mass is 79.9.